The molecule has 2 aromatic carbocycles. The van der Waals surface area contributed by atoms with E-state index in [1.165, 1.54) is 5.56 Å². The zero-order valence-electron chi connectivity index (χ0n) is 19.6. The molecule has 0 aliphatic carbocycles. The highest BCUT2D eigenvalue weighted by Gasteiger charge is 2.35. The molecule has 7 heteroatoms. The summed E-state index contributed by atoms with van der Waals surface area (Å²) < 4.78 is 0. The van der Waals surface area contributed by atoms with E-state index in [9.17, 15) is 9.59 Å². The fraction of sp³-hybridized carbons (Fsp3) is 0.296. The van der Waals surface area contributed by atoms with Gasteiger partial charge in [-0.1, -0.05) is 44.2 Å². The number of hydrogen-bond donors (Lipinski definition) is 1. The first kappa shape index (κ1) is 22.1. The van der Waals surface area contributed by atoms with E-state index in [-0.39, 0.29) is 24.4 Å². The molecule has 174 valence electrons. The van der Waals surface area contributed by atoms with Gasteiger partial charge in [0.25, 0.3) is 11.8 Å². The second-order valence-electron chi connectivity index (χ2n) is 8.68. The van der Waals surface area contributed by atoms with E-state index in [2.05, 4.69) is 52.1 Å². The summed E-state index contributed by atoms with van der Waals surface area (Å²) in [6.45, 7) is 7.36. The molecule has 2 aliphatic rings. The van der Waals surface area contributed by atoms with E-state index >= 15 is 0 Å². The maximum absolute atomic E-state index is 14.0. The van der Waals surface area contributed by atoms with Gasteiger partial charge in [-0.15, -0.1) is 0 Å². The van der Waals surface area contributed by atoms with Gasteiger partial charge in [0, 0.05) is 24.5 Å². The Bertz CT molecular complexity index is 1220. The molecular formula is C27H29N5O2. The molecule has 1 aromatic heterocycles. The summed E-state index contributed by atoms with van der Waals surface area (Å²) >= 11 is 0. The van der Waals surface area contributed by atoms with Crippen molar-refractivity contribution in [3.05, 3.63) is 78.0 Å². The Balaban J connectivity index is 1.53. The molecule has 3 heterocycles. The number of carbonyl (C=O) groups is 2. The standard InChI is InChI=1S/C27H29N5O2/c1-3-30(4-2)17-20-16-19-10-5-7-13-23(19)31(20)18-25(33)32-24-14-8-6-11-21(24)27(34)29-22-12-9-15-28-26(22)32/h5-15,20H,3-4,16-18H2,1-2H3,(H,29,34)/t20-/m1/s1. The molecule has 0 spiro atoms. The van der Waals surface area contributed by atoms with E-state index in [0.717, 1.165) is 31.7 Å². The minimum atomic E-state index is -0.244. The molecule has 2 aliphatic heterocycles. The second-order valence-corrected chi connectivity index (χ2v) is 8.68. The highest BCUT2D eigenvalue weighted by Crippen LogP contribution is 2.38. The van der Waals surface area contributed by atoms with Crippen molar-refractivity contribution < 1.29 is 9.59 Å². The maximum Gasteiger partial charge on any atom is 0.257 e. The summed E-state index contributed by atoms with van der Waals surface area (Å²) in [5, 5.41) is 2.91. The van der Waals surface area contributed by atoms with Gasteiger partial charge in [-0.25, -0.2) is 4.98 Å². The lowest BCUT2D eigenvalue weighted by Gasteiger charge is -2.33. The summed E-state index contributed by atoms with van der Waals surface area (Å²) in [7, 11) is 0. The Hall–Kier alpha value is -3.71. The first-order chi connectivity index (χ1) is 16.6. The van der Waals surface area contributed by atoms with Crippen molar-refractivity contribution in [1.29, 1.82) is 0 Å². The van der Waals surface area contributed by atoms with Gasteiger partial charge in [-0.3, -0.25) is 14.5 Å². The molecule has 0 fully saturated rings. The number of pyridine rings is 1. The van der Waals surface area contributed by atoms with Gasteiger partial charge in [-0.05, 0) is 55.4 Å². The molecule has 3 aromatic rings. The Morgan fingerprint density at radius 1 is 1.03 bits per heavy atom. The van der Waals surface area contributed by atoms with Gasteiger partial charge in [0.2, 0.25) is 0 Å². The number of nitrogens with zero attached hydrogens (tertiary/aromatic N) is 4. The monoisotopic (exact) mass is 455 g/mol. The SMILES string of the molecule is CCN(CC)C[C@H]1Cc2ccccc2N1CC(=O)N1c2ccccc2C(=O)Nc2cccnc21. The zero-order chi connectivity index (χ0) is 23.7. The van der Waals surface area contributed by atoms with E-state index in [1.54, 1.807) is 35.4 Å². The van der Waals surface area contributed by atoms with Crippen molar-refractivity contribution in [2.75, 3.05) is 41.3 Å². The average Bonchev–Trinajstić information content (AvgIpc) is 3.13. The van der Waals surface area contributed by atoms with Crippen molar-refractivity contribution in [3.63, 3.8) is 0 Å². The molecule has 2 amide bonds. The van der Waals surface area contributed by atoms with Gasteiger partial charge in [0.1, 0.15) is 0 Å². The van der Waals surface area contributed by atoms with Crippen LogP contribution in [0.25, 0.3) is 0 Å². The van der Waals surface area contributed by atoms with Crippen LogP contribution in [0.15, 0.2) is 66.9 Å². The first-order valence-electron chi connectivity index (χ1n) is 11.9. The predicted molar refractivity (Wildman–Crippen MR) is 135 cm³/mol. The van der Waals surface area contributed by atoms with E-state index in [1.807, 2.05) is 18.2 Å². The maximum atomic E-state index is 14.0. The van der Waals surface area contributed by atoms with Crippen LogP contribution >= 0.6 is 0 Å². The largest absolute Gasteiger partial charge is 0.357 e. The van der Waals surface area contributed by atoms with Gasteiger partial charge < -0.3 is 15.1 Å². The number of hydrogen-bond acceptors (Lipinski definition) is 5. The highest BCUT2D eigenvalue weighted by molar-refractivity contribution is 6.17. The molecular weight excluding hydrogens is 426 g/mol. The van der Waals surface area contributed by atoms with E-state index < -0.39 is 0 Å². The number of amides is 2. The minimum absolute atomic E-state index is 0.120. The number of anilines is 4. The lowest BCUT2D eigenvalue weighted by atomic mass is 10.1. The Labute approximate surface area is 200 Å². The molecule has 1 N–H and O–H groups in total. The molecule has 0 saturated carbocycles. The van der Waals surface area contributed by atoms with Gasteiger partial charge in [-0.2, -0.15) is 0 Å². The van der Waals surface area contributed by atoms with Crippen molar-refractivity contribution in [2.24, 2.45) is 0 Å². The molecule has 34 heavy (non-hydrogen) atoms. The molecule has 1 atom stereocenters. The minimum Gasteiger partial charge on any atom is -0.357 e. The topological polar surface area (TPSA) is 68.8 Å². The number of aromatic nitrogens is 1. The summed E-state index contributed by atoms with van der Waals surface area (Å²) in [5.74, 6) is 0.0785. The van der Waals surface area contributed by atoms with Crippen LogP contribution in [0.1, 0.15) is 29.8 Å². The van der Waals surface area contributed by atoms with Crippen LogP contribution in [-0.2, 0) is 11.2 Å². The van der Waals surface area contributed by atoms with Crippen LogP contribution in [0.5, 0.6) is 0 Å². The normalized spacial score (nSPS) is 16.6. The molecule has 0 bridgehead atoms. The number of fused-ring (bicyclic) bond motifs is 3. The number of benzene rings is 2. The quantitative estimate of drug-likeness (QED) is 0.607. The van der Waals surface area contributed by atoms with Crippen molar-refractivity contribution >= 4 is 34.7 Å². The highest BCUT2D eigenvalue weighted by atomic mass is 16.2. The molecule has 0 radical (unpaired) electrons. The average molecular weight is 456 g/mol. The van der Waals surface area contributed by atoms with Crippen molar-refractivity contribution in [1.82, 2.24) is 9.88 Å². The van der Waals surface area contributed by atoms with Gasteiger partial charge in [0.15, 0.2) is 5.82 Å². The van der Waals surface area contributed by atoms with Crippen molar-refractivity contribution in [2.45, 2.75) is 26.3 Å². The van der Waals surface area contributed by atoms with Crippen LogP contribution in [-0.4, -0.2) is 53.9 Å². The number of para-hydroxylation sites is 2. The second kappa shape index (κ2) is 9.27. The summed E-state index contributed by atoms with van der Waals surface area (Å²) in [6, 6.07) is 19.3. The van der Waals surface area contributed by atoms with E-state index in [0.29, 0.717) is 22.8 Å². The molecule has 0 unspecified atom stereocenters. The lowest BCUT2D eigenvalue weighted by Crippen LogP contribution is -2.47. The van der Waals surface area contributed by atoms with Crippen LogP contribution in [0, 0.1) is 0 Å². The fourth-order valence-corrected chi connectivity index (χ4v) is 4.99. The molecule has 7 nitrogen and oxygen atoms in total. The predicted octanol–water partition coefficient (Wildman–Crippen LogP) is 4.09. The Morgan fingerprint density at radius 2 is 1.76 bits per heavy atom. The lowest BCUT2D eigenvalue weighted by molar-refractivity contribution is -0.116. The third-order valence-corrected chi connectivity index (χ3v) is 6.75. The van der Waals surface area contributed by atoms with E-state index in [4.69, 9.17) is 0 Å². The number of nitrogens with one attached hydrogen (secondary N) is 1. The summed E-state index contributed by atoms with van der Waals surface area (Å²) in [4.78, 5) is 37.6. The van der Waals surface area contributed by atoms with Gasteiger partial charge in [0.05, 0.1) is 23.5 Å². The number of rotatable bonds is 6. The smallest absolute Gasteiger partial charge is 0.257 e. The van der Waals surface area contributed by atoms with Crippen LogP contribution in [0.3, 0.4) is 0 Å². The summed E-state index contributed by atoms with van der Waals surface area (Å²) in [5.41, 5.74) is 3.90. The Morgan fingerprint density at radius 3 is 2.56 bits per heavy atom. The van der Waals surface area contributed by atoms with Gasteiger partial charge >= 0.3 is 0 Å². The third kappa shape index (κ3) is 3.92. The van der Waals surface area contributed by atoms with Crippen LogP contribution in [0.2, 0.25) is 0 Å². The van der Waals surface area contributed by atoms with Crippen molar-refractivity contribution in [3.8, 4) is 0 Å². The number of carbonyl (C=O) groups excluding carboxylic acids is 2. The third-order valence-electron chi connectivity index (χ3n) is 6.75. The molecule has 5 rings (SSSR count). The number of likely N-dealkylation sites (N-methyl/N-ethyl adjacent to an activating group) is 1. The summed E-state index contributed by atoms with van der Waals surface area (Å²) in [6.07, 6.45) is 2.55. The molecule has 0 saturated heterocycles. The van der Waals surface area contributed by atoms with Crippen LogP contribution in [0.4, 0.5) is 22.9 Å². The van der Waals surface area contributed by atoms with Crippen LogP contribution < -0.4 is 15.1 Å². The first-order valence-corrected chi connectivity index (χ1v) is 11.9. The zero-order valence-corrected chi connectivity index (χ0v) is 19.6. The Kier molecular flexibility index (Phi) is 6.02. The fourth-order valence-electron chi connectivity index (χ4n) is 4.99.